The Labute approximate surface area is 157 Å². The molecule has 24 heavy (non-hydrogen) atoms. The van der Waals surface area contributed by atoms with Crippen LogP contribution in [0.15, 0.2) is 18.2 Å². The number of imide groups is 1. The van der Waals surface area contributed by atoms with E-state index in [1.54, 1.807) is 18.2 Å². The second kappa shape index (κ2) is 9.50. The van der Waals surface area contributed by atoms with Crippen LogP contribution in [0.2, 0.25) is 10.0 Å². The lowest BCUT2D eigenvalue weighted by atomic mass is 9.87. The fourth-order valence-corrected chi connectivity index (χ4v) is 3.51. The van der Waals surface area contributed by atoms with Gasteiger partial charge in [-0.2, -0.15) is 0 Å². The van der Waals surface area contributed by atoms with Crippen molar-refractivity contribution in [1.29, 1.82) is 0 Å². The van der Waals surface area contributed by atoms with Crippen LogP contribution in [0.5, 0.6) is 0 Å². The lowest BCUT2D eigenvalue weighted by Gasteiger charge is -2.20. The third kappa shape index (κ3) is 5.54. The summed E-state index contributed by atoms with van der Waals surface area (Å²) in [6.07, 6.45) is 5.31. The largest absolute Gasteiger partial charge is 0.337 e. The highest BCUT2D eigenvalue weighted by atomic mass is 35.5. The highest BCUT2D eigenvalue weighted by Gasteiger charge is 2.28. The average molecular weight is 392 g/mol. The van der Waals surface area contributed by atoms with Gasteiger partial charge in [-0.3, -0.25) is 10.1 Å². The molecule has 0 saturated heterocycles. The predicted molar refractivity (Wildman–Crippen MR) is 98.0 cm³/mol. The standard InChI is InChI=1S/C17H21Cl3N2O2/c18-7-8-21-17(24)22-16(23)13(9-11-3-1-2-4-11)12-5-6-14(19)15(20)10-12/h5-6,10-11,13H,1-4,7-9H2,(H2,21,22,23,24). The molecule has 0 radical (unpaired) electrons. The minimum absolute atomic E-state index is 0.292. The average Bonchev–Trinajstić information content (AvgIpc) is 3.06. The molecule has 0 aliphatic heterocycles. The second-order valence-corrected chi connectivity index (χ2v) is 7.24. The van der Waals surface area contributed by atoms with Crippen LogP contribution in [0.3, 0.4) is 0 Å². The third-order valence-corrected chi connectivity index (χ3v) is 5.25. The lowest BCUT2D eigenvalue weighted by molar-refractivity contribution is -0.121. The van der Waals surface area contributed by atoms with Crippen molar-refractivity contribution >= 4 is 46.7 Å². The summed E-state index contributed by atoms with van der Waals surface area (Å²) in [4.78, 5) is 24.4. The monoisotopic (exact) mass is 390 g/mol. The zero-order valence-electron chi connectivity index (χ0n) is 13.3. The van der Waals surface area contributed by atoms with Gasteiger partial charge in [-0.05, 0) is 30.0 Å². The SMILES string of the molecule is O=C(NCCCl)NC(=O)C(CC1CCCC1)c1ccc(Cl)c(Cl)c1. The van der Waals surface area contributed by atoms with Gasteiger partial charge in [0.15, 0.2) is 0 Å². The molecule has 1 aromatic rings. The van der Waals surface area contributed by atoms with Gasteiger partial charge in [0.05, 0.1) is 16.0 Å². The molecule has 2 rings (SSSR count). The van der Waals surface area contributed by atoms with E-state index >= 15 is 0 Å². The van der Waals surface area contributed by atoms with Crippen molar-refractivity contribution in [3.05, 3.63) is 33.8 Å². The second-order valence-electron chi connectivity index (χ2n) is 6.05. The van der Waals surface area contributed by atoms with Gasteiger partial charge < -0.3 is 5.32 Å². The van der Waals surface area contributed by atoms with E-state index in [0.717, 1.165) is 18.4 Å². The van der Waals surface area contributed by atoms with E-state index < -0.39 is 11.9 Å². The maximum Gasteiger partial charge on any atom is 0.321 e. The molecule has 2 N–H and O–H groups in total. The normalized spacial score (nSPS) is 16.0. The Morgan fingerprint density at radius 3 is 2.50 bits per heavy atom. The number of halogens is 3. The number of benzene rings is 1. The quantitative estimate of drug-likeness (QED) is 0.689. The van der Waals surface area contributed by atoms with Gasteiger partial charge in [0.25, 0.3) is 0 Å². The highest BCUT2D eigenvalue weighted by molar-refractivity contribution is 6.42. The zero-order valence-corrected chi connectivity index (χ0v) is 15.6. The number of carbonyl (C=O) groups is 2. The smallest absolute Gasteiger partial charge is 0.321 e. The molecule has 4 nitrogen and oxygen atoms in total. The first-order chi connectivity index (χ1) is 11.5. The number of hydrogen-bond acceptors (Lipinski definition) is 2. The van der Waals surface area contributed by atoms with Gasteiger partial charge in [-0.1, -0.05) is 55.0 Å². The third-order valence-electron chi connectivity index (χ3n) is 4.32. The molecule has 1 atom stereocenters. The number of alkyl halides is 1. The van der Waals surface area contributed by atoms with E-state index in [-0.39, 0.29) is 5.91 Å². The molecule has 1 fully saturated rings. The van der Waals surface area contributed by atoms with Gasteiger partial charge in [-0.25, -0.2) is 4.79 Å². The Kier molecular flexibility index (Phi) is 7.66. The first-order valence-electron chi connectivity index (χ1n) is 8.11. The molecule has 7 heteroatoms. The number of rotatable bonds is 6. The molecular formula is C17H21Cl3N2O2. The fourth-order valence-electron chi connectivity index (χ4n) is 3.11. The van der Waals surface area contributed by atoms with Crippen molar-refractivity contribution in [3.63, 3.8) is 0 Å². The Hall–Kier alpha value is -0.970. The maximum absolute atomic E-state index is 12.6. The molecule has 1 aliphatic rings. The van der Waals surface area contributed by atoms with E-state index in [0.29, 0.717) is 34.8 Å². The number of hydrogen-bond donors (Lipinski definition) is 2. The molecule has 1 unspecified atom stereocenters. The van der Waals surface area contributed by atoms with Crippen LogP contribution in [0, 0.1) is 5.92 Å². The van der Waals surface area contributed by atoms with E-state index in [1.165, 1.54) is 12.8 Å². The summed E-state index contributed by atoms with van der Waals surface area (Å²) < 4.78 is 0. The van der Waals surface area contributed by atoms with Crippen LogP contribution in [-0.2, 0) is 4.79 Å². The van der Waals surface area contributed by atoms with Crippen molar-refractivity contribution in [1.82, 2.24) is 10.6 Å². The van der Waals surface area contributed by atoms with Crippen molar-refractivity contribution in [3.8, 4) is 0 Å². The minimum atomic E-state index is -0.530. The summed E-state index contributed by atoms with van der Waals surface area (Å²) in [5.74, 6) is 0.0259. The Bertz CT molecular complexity index is 589. The van der Waals surface area contributed by atoms with Crippen LogP contribution in [-0.4, -0.2) is 24.4 Å². The Morgan fingerprint density at radius 1 is 1.17 bits per heavy atom. The van der Waals surface area contributed by atoms with Crippen molar-refractivity contribution in [2.75, 3.05) is 12.4 Å². The molecule has 1 aromatic carbocycles. The molecule has 0 spiro atoms. The van der Waals surface area contributed by atoms with Crippen LogP contribution in [0.25, 0.3) is 0 Å². The molecule has 0 heterocycles. The number of urea groups is 1. The predicted octanol–water partition coefficient (Wildman–Crippen LogP) is 4.72. The summed E-state index contributed by atoms with van der Waals surface area (Å²) >= 11 is 17.6. The van der Waals surface area contributed by atoms with Crippen LogP contribution in [0.4, 0.5) is 4.79 Å². The van der Waals surface area contributed by atoms with Crippen LogP contribution >= 0.6 is 34.8 Å². The molecule has 0 bridgehead atoms. The molecule has 132 valence electrons. The summed E-state index contributed by atoms with van der Waals surface area (Å²) in [5.41, 5.74) is 0.777. The Morgan fingerprint density at radius 2 is 1.88 bits per heavy atom. The highest BCUT2D eigenvalue weighted by Crippen LogP contribution is 2.36. The minimum Gasteiger partial charge on any atom is -0.337 e. The van der Waals surface area contributed by atoms with E-state index in [2.05, 4.69) is 10.6 Å². The zero-order chi connectivity index (χ0) is 17.5. The van der Waals surface area contributed by atoms with Gasteiger partial charge in [0.1, 0.15) is 0 Å². The van der Waals surface area contributed by atoms with Crippen molar-refractivity contribution in [2.24, 2.45) is 5.92 Å². The first kappa shape index (κ1) is 19.4. The number of carbonyl (C=O) groups excluding carboxylic acids is 2. The Balaban J connectivity index is 2.13. The van der Waals surface area contributed by atoms with E-state index in [1.807, 2.05) is 0 Å². The summed E-state index contributed by atoms with van der Waals surface area (Å²) in [5, 5.41) is 5.78. The van der Waals surface area contributed by atoms with Gasteiger partial charge in [0.2, 0.25) is 5.91 Å². The summed E-state index contributed by atoms with van der Waals surface area (Å²) in [7, 11) is 0. The first-order valence-corrected chi connectivity index (χ1v) is 9.40. The molecule has 1 saturated carbocycles. The number of amides is 3. The van der Waals surface area contributed by atoms with E-state index in [4.69, 9.17) is 34.8 Å². The van der Waals surface area contributed by atoms with Gasteiger partial charge in [0, 0.05) is 12.4 Å². The van der Waals surface area contributed by atoms with Crippen molar-refractivity contribution in [2.45, 2.75) is 38.0 Å². The van der Waals surface area contributed by atoms with Gasteiger partial charge in [-0.15, -0.1) is 11.6 Å². The molecule has 1 aliphatic carbocycles. The van der Waals surface area contributed by atoms with Crippen molar-refractivity contribution < 1.29 is 9.59 Å². The number of nitrogens with one attached hydrogen (secondary N) is 2. The molecule has 0 aromatic heterocycles. The lowest BCUT2D eigenvalue weighted by Crippen LogP contribution is -2.42. The molecular weight excluding hydrogens is 371 g/mol. The maximum atomic E-state index is 12.6. The van der Waals surface area contributed by atoms with Gasteiger partial charge >= 0.3 is 6.03 Å². The van der Waals surface area contributed by atoms with Crippen LogP contribution < -0.4 is 10.6 Å². The fraction of sp³-hybridized carbons (Fsp3) is 0.529. The topological polar surface area (TPSA) is 58.2 Å². The van der Waals surface area contributed by atoms with E-state index in [9.17, 15) is 9.59 Å². The van der Waals surface area contributed by atoms with Crippen LogP contribution in [0.1, 0.15) is 43.6 Å². The molecule has 3 amide bonds. The summed E-state index contributed by atoms with van der Waals surface area (Å²) in [6, 6.07) is 4.66. The summed E-state index contributed by atoms with van der Waals surface area (Å²) in [6.45, 7) is 0.306.